The van der Waals surface area contributed by atoms with Crippen molar-refractivity contribution in [2.45, 2.75) is 18.9 Å². The van der Waals surface area contributed by atoms with E-state index in [0.29, 0.717) is 12.6 Å². The van der Waals surface area contributed by atoms with Crippen molar-refractivity contribution < 1.29 is 0 Å². The molecule has 1 atom stereocenters. The standard InChI is InChI=1S/C12H13N.BrH/c1-2-9-13-12-8-7-10-5-3-4-6-11(10)12;/h1,3-6,12-13H,7-9H2;1H. The van der Waals surface area contributed by atoms with Gasteiger partial charge in [0, 0.05) is 6.04 Å². The number of halogens is 1. The zero-order valence-electron chi connectivity index (χ0n) is 7.99. The fraction of sp³-hybridized carbons (Fsp3) is 0.333. The number of terminal acetylenes is 1. The van der Waals surface area contributed by atoms with Gasteiger partial charge in [-0.15, -0.1) is 23.4 Å². The maximum atomic E-state index is 5.21. The number of aryl methyl sites for hydroxylation is 1. The Morgan fingerprint density at radius 3 is 3.00 bits per heavy atom. The summed E-state index contributed by atoms with van der Waals surface area (Å²) in [4.78, 5) is 0. The molecule has 0 bridgehead atoms. The summed E-state index contributed by atoms with van der Waals surface area (Å²) in [6.07, 6.45) is 7.57. The number of hydrogen-bond donors (Lipinski definition) is 1. The number of nitrogens with one attached hydrogen (secondary N) is 1. The third kappa shape index (κ3) is 2.17. The van der Waals surface area contributed by atoms with E-state index in [0.717, 1.165) is 0 Å². The zero-order chi connectivity index (χ0) is 9.10. The fourth-order valence-corrected chi connectivity index (χ4v) is 1.95. The van der Waals surface area contributed by atoms with Crippen LogP contribution in [0.2, 0.25) is 0 Å². The average Bonchev–Trinajstić information content (AvgIpc) is 2.58. The molecule has 2 heteroatoms. The lowest BCUT2D eigenvalue weighted by molar-refractivity contribution is 0.568. The van der Waals surface area contributed by atoms with E-state index < -0.39 is 0 Å². The SMILES string of the molecule is Br.C#CCNC1CCc2ccccc21. The third-order valence-electron chi connectivity index (χ3n) is 2.58. The molecule has 0 saturated carbocycles. The topological polar surface area (TPSA) is 12.0 Å². The van der Waals surface area contributed by atoms with Gasteiger partial charge in [-0.2, -0.15) is 0 Å². The molecule has 0 amide bonds. The summed E-state index contributed by atoms with van der Waals surface area (Å²) in [5.41, 5.74) is 2.90. The first-order chi connectivity index (χ1) is 6.42. The first-order valence-electron chi connectivity index (χ1n) is 4.66. The fourth-order valence-electron chi connectivity index (χ4n) is 1.95. The van der Waals surface area contributed by atoms with Crippen molar-refractivity contribution in [2.75, 3.05) is 6.54 Å². The van der Waals surface area contributed by atoms with Gasteiger partial charge in [-0.1, -0.05) is 30.2 Å². The zero-order valence-corrected chi connectivity index (χ0v) is 9.71. The molecule has 2 rings (SSSR count). The second kappa shape index (κ2) is 5.19. The van der Waals surface area contributed by atoms with Crippen LogP contribution in [0, 0.1) is 12.3 Å². The summed E-state index contributed by atoms with van der Waals surface area (Å²) >= 11 is 0. The van der Waals surface area contributed by atoms with Crippen LogP contribution in [0.3, 0.4) is 0 Å². The van der Waals surface area contributed by atoms with Gasteiger partial charge in [0.1, 0.15) is 0 Å². The van der Waals surface area contributed by atoms with E-state index in [1.807, 2.05) is 0 Å². The number of hydrogen-bond acceptors (Lipinski definition) is 1. The van der Waals surface area contributed by atoms with Crippen LogP contribution in [0.25, 0.3) is 0 Å². The summed E-state index contributed by atoms with van der Waals surface area (Å²) < 4.78 is 0. The van der Waals surface area contributed by atoms with Crippen molar-refractivity contribution in [3.8, 4) is 12.3 Å². The molecule has 0 aromatic heterocycles. The van der Waals surface area contributed by atoms with Gasteiger partial charge in [-0.3, -0.25) is 5.32 Å². The summed E-state index contributed by atoms with van der Waals surface area (Å²) in [6.45, 7) is 0.666. The maximum absolute atomic E-state index is 5.21. The molecule has 1 nitrogen and oxygen atoms in total. The number of benzene rings is 1. The van der Waals surface area contributed by atoms with Crippen molar-refractivity contribution in [2.24, 2.45) is 0 Å². The summed E-state index contributed by atoms with van der Waals surface area (Å²) in [5, 5.41) is 3.35. The van der Waals surface area contributed by atoms with Gasteiger partial charge in [-0.25, -0.2) is 0 Å². The molecule has 0 radical (unpaired) electrons. The van der Waals surface area contributed by atoms with Gasteiger partial charge in [-0.05, 0) is 24.0 Å². The first-order valence-corrected chi connectivity index (χ1v) is 4.66. The van der Waals surface area contributed by atoms with E-state index in [1.165, 1.54) is 24.0 Å². The highest BCUT2D eigenvalue weighted by atomic mass is 79.9. The van der Waals surface area contributed by atoms with Crippen molar-refractivity contribution in [3.05, 3.63) is 35.4 Å². The summed E-state index contributed by atoms with van der Waals surface area (Å²) in [7, 11) is 0. The van der Waals surface area contributed by atoms with Gasteiger partial charge < -0.3 is 0 Å². The molecular formula is C12H14BrN. The average molecular weight is 252 g/mol. The Labute approximate surface area is 95.7 Å². The van der Waals surface area contributed by atoms with Crippen molar-refractivity contribution in [3.63, 3.8) is 0 Å². The Bertz CT molecular complexity index is 340. The van der Waals surface area contributed by atoms with Crippen LogP contribution in [-0.4, -0.2) is 6.54 Å². The normalized spacial score (nSPS) is 18.1. The molecule has 74 valence electrons. The molecule has 1 aliphatic carbocycles. The Kier molecular flexibility index (Phi) is 4.19. The molecule has 1 aliphatic rings. The lowest BCUT2D eigenvalue weighted by Gasteiger charge is -2.10. The predicted octanol–water partition coefficient (Wildman–Crippen LogP) is 2.47. The molecule has 1 unspecified atom stereocenters. The highest BCUT2D eigenvalue weighted by Crippen LogP contribution is 2.30. The highest BCUT2D eigenvalue weighted by Gasteiger charge is 2.20. The number of fused-ring (bicyclic) bond motifs is 1. The molecule has 0 aliphatic heterocycles. The predicted molar refractivity (Wildman–Crippen MR) is 64.7 cm³/mol. The summed E-state index contributed by atoms with van der Waals surface area (Å²) in [6, 6.07) is 9.06. The minimum Gasteiger partial charge on any atom is -0.299 e. The van der Waals surface area contributed by atoms with Crippen molar-refractivity contribution in [1.82, 2.24) is 5.32 Å². The Balaban J connectivity index is 0.000000980. The van der Waals surface area contributed by atoms with E-state index in [4.69, 9.17) is 6.42 Å². The first kappa shape index (κ1) is 11.3. The van der Waals surface area contributed by atoms with Crippen LogP contribution >= 0.6 is 17.0 Å². The van der Waals surface area contributed by atoms with Gasteiger partial charge in [0.05, 0.1) is 6.54 Å². The molecule has 0 spiro atoms. The molecular weight excluding hydrogens is 238 g/mol. The largest absolute Gasteiger partial charge is 0.299 e. The second-order valence-electron chi connectivity index (χ2n) is 3.38. The summed E-state index contributed by atoms with van der Waals surface area (Å²) in [5.74, 6) is 2.61. The van der Waals surface area contributed by atoms with Gasteiger partial charge in [0.2, 0.25) is 0 Å². The number of rotatable bonds is 2. The van der Waals surface area contributed by atoms with Crippen LogP contribution in [0.4, 0.5) is 0 Å². The molecule has 1 aromatic carbocycles. The van der Waals surface area contributed by atoms with Gasteiger partial charge >= 0.3 is 0 Å². The lowest BCUT2D eigenvalue weighted by Crippen LogP contribution is -2.19. The molecule has 1 aromatic rings. The van der Waals surface area contributed by atoms with E-state index in [2.05, 4.69) is 35.5 Å². The van der Waals surface area contributed by atoms with Crippen LogP contribution in [0.1, 0.15) is 23.6 Å². The second-order valence-corrected chi connectivity index (χ2v) is 3.38. The van der Waals surface area contributed by atoms with Crippen LogP contribution in [0.15, 0.2) is 24.3 Å². The molecule has 0 heterocycles. The minimum absolute atomic E-state index is 0. The van der Waals surface area contributed by atoms with E-state index in [1.54, 1.807) is 0 Å². The molecule has 0 fully saturated rings. The van der Waals surface area contributed by atoms with Crippen LogP contribution < -0.4 is 5.32 Å². The van der Waals surface area contributed by atoms with Crippen molar-refractivity contribution >= 4 is 17.0 Å². The minimum atomic E-state index is 0. The van der Waals surface area contributed by atoms with Crippen molar-refractivity contribution in [1.29, 1.82) is 0 Å². The van der Waals surface area contributed by atoms with Crippen LogP contribution in [-0.2, 0) is 6.42 Å². The Morgan fingerprint density at radius 2 is 2.21 bits per heavy atom. The van der Waals surface area contributed by atoms with E-state index in [-0.39, 0.29) is 17.0 Å². The molecule has 14 heavy (non-hydrogen) atoms. The van der Waals surface area contributed by atoms with Crippen LogP contribution in [0.5, 0.6) is 0 Å². The van der Waals surface area contributed by atoms with E-state index in [9.17, 15) is 0 Å². The quantitative estimate of drug-likeness (QED) is 0.797. The van der Waals surface area contributed by atoms with Gasteiger partial charge in [0.15, 0.2) is 0 Å². The Hall–Kier alpha value is -0.780. The van der Waals surface area contributed by atoms with E-state index >= 15 is 0 Å². The van der Waals surface area contributed by atoms with Gasteiger partial charge in [0.25, 0.3) is 0 Å². The molecule has 1 N–H and O–H groups in total. The smallest absolute Gasteiger partial charge is 0.0578 e. The highest BCUT2D eigenvalue weighted by molar-refractivity contribution is 8.93. The monoisotopic (exact) mass is 251 g/mol. The third-order valence-corrected chi connectivity index (χ3v) is 2.58. The molecule has 0 saturated heterocycles. The maximum Gasteiger partial charge on any atom is 0.0578 e. The Morgan fingerprint density at radius 1 is 1.43 bits per heavy atom. The lowest BCUT2D eigenvalue weighted by atomic mass is 10.1.